The van der Waals surface area contributed by atoms with Crippen molar-refractivity contribution in [2.24, 2.45) is 0 Å². The van der Waals surface area contributed by atoms with Crippen LogP contribution in [0.15, 0.2) is 22.7 Å². The first-order valence-electron chi connectivity index (χ1n) is 5.56. The fourth-order valence-corrected chi connectivity index (χ4v) is 2.49. The van der Waals surface area contributed by atoms with Crippen molar-refractivity contribution in [1.82, 2.24) is 9.78 Å². The Morgan fingerprint density at radius 2 is 2.10 bits per heavy atom. The molecule has 0 saturated heterocycles. The number of nitro groups is 1. The van der Waals surface area contributed by atoms with Crippen LogP contribution in [-0.2, 0) is 0 Å². The molecule has 20 heavy (non-hydrogen) atoms. The van der Waals surface area contributed by atoms with E-state index in [4.69, 9.17) is 5.11 Å². The van der Waals surface area contributed by atoms with E-state index in [0.29, 0.717) is 21.5 Å². The van der Waals surface area contributed by atoms with Gasteiger partial charge in [0.25, 0.3) is 0 Å². The lowest BCUT2D eigenvalue weighted by Gasteiger charge is -2.07. The van der Waals surface area contributed by atoms with Gasteiger partial charge in [-0.05, 0) is 48.0 Å². The van der Waals surface area contributed by atoms with Crippen molar-refractivity contribution in [3.8, 4) is 5.69 Å². The minimum absolute atomic E-state index is 0.0424. The van der Waals surface area contributed by atoms with Crippen LogP contribution in [0.2, 0.25) is 0 Å². The highest BCUT2D eigenvalue weighted by molar-refractivity contribution is 9.10. The Bertz CT molecular complexity index is 724. The van der Waals surface area contributed by atoms with Crippen LogP contribution in [0.4, 0.5) is 5.69 Å². The van der Waals surface area contributed by atoms with Gasteiger partial charge in [0.2, 0.25) is 0 Å². The van der Waals surface area contributed by atoms with Gasteiger partial charge < -0.3 is 5.11 Å². The molecule has 1 heterocycles. The number of carboxylic acid groups (broad SMARTS) is 1. The Morgan fingerprint density at radius 3 is 2.55 bits per heavy atom. The zero-order valence-electron chi connectivity index (χ0n) is 10.6. The van der Waals surface area contributed by atoms with Gasteiger partial charge in [0.1, 0.15) is 11.4 Å². The molecule has 2 aromatic rings. The van der Waals surface area contributed by atoms with Gasteiger partial charge in [-0.25, -0.2) is 9.48 Å². The third kappa shape index (κ3) is 2.29. The molecule has 2 rings (SSSR count). The van der Waals surface area contributed by atoms with Crippen molar-refractivity contribution in [1.29, 1.82) is 0 Å². The standard InChI is InChI=1S/C12H10BrN3O4/c1-6-11(16(19)20)7(2)15(14-6)10-4-3-8(12(17)18)5-9(10)13/h3-5H,1-2H3,(H,17,18). The predicted molar refractivity (Wildman–Crippen MR) is 74.4 cm³/mol. The number of rotatable bonds is 3. The predicted octanol–water partition coefficient (Wildman–Crippen LogP) is 2.86. The summed E-state index contributed by atoms with van der Waals surface area (Å²) in [6.07, 6.45) is 0. The zero-order chi connectivity index (χ0) is 15.0. The number of halogens is 1. The smallest absolute Gasteiger partial charge is 0.335 e. The molecule has 0 aliphatic rings. The van der Waals surface area contributed by atoms with Crippen LogP contribution in [-0.4, -0.2) is 25.8 Å². The quantitative estimate of drug-likeness (QED) is 0.684. The Hall–Kier alpha value is -2.22. The van der Waals surface area contributed by atoms with Crippen molar-refractivity contribution >= 4 is 27.6 Å². The minimum atomic E-state index is -1.04. The lowest BCUT2D eigenvalue weighted by molar-refractivity contribution is -0.386. The number of aromatic carboxylic acids is 1. The number of hydrogen-bond acceptors (Lipinski definition) is 4. The first-order valence-corrected chi connectivity index (χ1v) is 6.36. The number of nitrogens with zero attached hydrogens (tertiary/aromatic N) is 3. The van der Waals surface area contributed by atoms with Crippen LogP contribution in [0.1, 0.15) is 21.7 Å². The molecular formula is C12H10BrN3O4. The Kier molecular flexibility index (Phi) is 3.58. The summed E-state index contributed by atoms with van der Waals surface area (Å²) in [4.78, 5) is 21.4. The van der Waals surface area contributed by atoms with E-state index in [9.17, 15) is 14.9 Å². The Morgan fingerprint density at radius 1 is 1.45 bits per heavy atom. The normalized spacial score (nSPS) is 10.6. The summed E-state index contributed by atoms with van der Waals surface area (Å²) in [5.41, 5.74) is 1.32. The molecule has 7 nitrogen and oxygen atoms in total. The van der Waals surface area contributed by atoms with Gasteiger partial charge in [-0.15, -0.1) is 0 Å². The molecule has 0 aliphatic heterocycles. The topological polar surface area (TPSA) is 98.3 Å². The van der Waals surface area contributed by atoms with Gasteiger partial charge in [-0.1, -0.05) is 0 Å². The second-order valence-electron chi connectivity index (χ2n) is 4.16. The number of hydrogen-bond donors (Lipinski definition) is 1. The van der Waals surface area contributed by atoms with Gasteiger partial charge in [0.05, 0.1) is 16.2 Å². The van der Waals surface area contributed by atoms with Gasteiger partial charge >= 0.3 is 11.7 Å². The number of aryl methyl sites for hydroxylation is 1. The molecule has 104 valence electrons. The van der Waals surface area contributed by atoms with E-state index in [1.165, 1.54) is 16.8 Å². The van der Waals surface area contributed by atoms with E-state index in [0.717, 1.165) is 0 Å². The van der Waals surface area contributed by atoms with E-state index in [1.807, 2.05) is 0 Å². The third-order valence-electron chi connectivity index (χ3n) is 2.86. The molecule has 0 amide bonds. The van der Waals surface area contributed by atoms with Gasteiger partial charge in [-0.2, -0.15) is 5.10 Å². The molecule has 8 heteroatoms. The number of benzene rings is 1. The van der Waals surface area contributed by atoms with Crippen LogP contribution in [0.3, 0.4) is 0 Å². The first-order chi connectivity index (χ1) is 9.32. The number of carboxylic acids is 1. The van der Waals surface area contributed by atoms with Crippen LogP contribution < -0.4 is 0 Å². The molecule has 0 unspecified atom stereocenters. The molecule has 1 aromatic carbocycles. The highest BCUT2D eigenvalue weighted by atomic mass is 79.9. The number of carbonyl (C=O) groups is 1. The summed E-state index contributed by atoms with van der Waals surface area (Å²) in [7, 11) is 0. The Labute approximate surface area is 122 Å². The van der Waals surface area contributed by atoms with E-state index in [2.05, 4.69) is 21.0 Å². The SMILES string of the molecule is Cc1nn(-c2ccc(C(=O)O)cc2Br)c(C)c1[N+](=O)[O-]. The summed E-state index contributed by atoms with van der Waals surface area (Å²) in [6, 6.07) is 4.40. The summed E-state index contributed by atoms with van der Waals surface area (Å²) in [6.45, 7) is 3.15. The second-order valence-corrected chi connectivity index (χ2v) is 5.01. The monoisotopic (exact) mass is 339 g/mol. The van der Waals surface area contributed by atoms with Crippen molar-refractivity contribution in [3.63, 3.8) is 0 Å². The second kappa shape index (κ2) is 5.04. The fourth-order valence-electron chi connectivity index (χ4n) is 1.94. The average Bonchev–Trinajstić information content (AvgIpc) is 2.64. The van der Waals surface area contributed by atoms with Crippen molar-refractivity contribution < 1.29 is 14.8 Å². The van der Waals surface area contributed by atoms with E-state index < -0.39 is 10.9 Å². The third-order valence-corrected chi connectivity index (χ3v) is 3.49. The molecule has 0 atom stereocenters. The molecule has 0 fully saturated rings. The van der Waals surface area contributed by atoms with Gasteiger partial charge in [-0.3, -0.25) is 10.1 Å². The highest BCUT2D eigenvalue weighted by Crippen LogP contribution is 2.29. The molecule has 0 bridgehead atoms. The summed E-state index contributed by atoms with van der Waals surface area (Å²) in [5.74, 6) is -1.04. The summed E-state index contributed by atoms with van der Waals surface area (Å²) in [5, 5.41) is 24.0. The lowest BCUT2D eigenvalue weighted by Crippen LogP contribution is -2.03. The Balaban J connectivity index is 2.61. The zero-order valence-corrected chi connectivity index (χ0v) is 12.2. The van der Waals surface area contributed by atoms with Crippen molar-refractivity contribution in [2.45, 2.75) is 13.8 Å². The van der Waals surface area contributed by atoms with Crippen LogP contribution in [0, 0.1) is 24.0 Å². The molecule has 1 N–H and O–H groups in total. The highest BCUT2D eigenvalue weighted by Gasteiger charge is 2.23. The lowest BCUT2D eigenvalue weighted by atomic mass is 10.2. The van der Waals surface area contributed by atoms with Gasteiger partial charge in [0.15, 0.2) is 0 Å². The summed E-state index contributed by atoms with van der Waals surface area (Å²) < 4.78 is 1.92. The van der Waals surface area contributed by atoms with Crippen LogP contribution in [0.25, 0.3) is 5.69 Å². The van der Waals surface area contributed by atoms with Crippen molar-refractivity contribution in [3.05, 3.63) is 49.7 Å². The number of aromatic nitrogens is 2. The van der Waals surface area contributed by atoms with Crippen LogP contribution >= 0.6 is 15.9 Å². The average molecular weight is 340 g/mol. The molecule has 0 saturated carbocycles. The molecular weight excluding hydrogens is 330 g/mol. The van der Waals surface area contributed by atoms with E-state index in [1.54, 1.807) is 19.9 Å². The summed E-state index contributed by atoms with van der Waals surface area (Å²) >= 11 is 3.26. The largest absolute Gasteiger partial charge is 0.478 e. The molecule has 0 spiro atoms. The van der Waals surface area contributed by atoms with Crippen LogP contribution in [0.5, 0.6) is 0 Å². The fraction of sp³-hybridized carbons (Fsp3) is 0.167. The maximum Gasteiger partial charge on any atom is 0.335 e. The van der Waals surface area contributed by atoms with Crippen molar-refractivity contribution in [2.75, 3.05) is 0 Å². The van der Waals surface area contributed by atoms with E-state index >= 15 is 0 Å². The van der Waals surface area contributed by atoms with Gasteiger partial charge in [0, 0.05) is 4.47 Å². The van der Waals surface area contributed by atoms with E-state index in [-0.39, 0.29) is 11.3 Å². The maximum absolute atomic E-state index is 11.0. The molecule has 1 aromatic heterocycles. The molecule has 0 radical (unpaired) electrons. The maximum atomic E-state index is 11.0. The molecule has 0 aliphatic carbocycles. The minimum Gasteiger partial charge on any atom is -0.478 e. The first kappa shape index (κ1) is 14.2.